The minimum absolute atomic E-state index is 0.202. The number of hydrogen-bond donors (Lipinski definition) is 1. The summed E-state index contributed by atoms with van der Waals surface area (Å²) in [6.07, 6.45) is 1.00. The molecule has 0 aliphatic carbocycles. The van der Waals surface area contributed by atoms with Crippen LogP contribution in [0.5, 0.6) is 0 Å². The second kappa shape index (κ2) is 9.25. The molecule has 2 aromatic heterocycles. The van der Waals surface area contributed by atoms with Gasteiger partial charge in [0.2, 0.25) is 0 Å². The number of fused-ring (bicyclic) bond motifs is 1. The van der Waals surface area contributed by atoms with Gasteiger partial charge in [0.05, 0.1) is 22.5 Å². The number of pyridine rings is 1. The molecule has 0 fully saturated rings. The summed E-state index contributed by atoms with van der Waals surface area (Å²) in [5.74, 6) is -0.202. The molecule has 0 spiro atoms. The number of nitrogens with one attached hydrogen (secondary N) is 1. The Kier molecular flexibility index (Phi) is 6.03. The number of hydrogen-bond acceptors (Lipinski definition) is 4. The summed E-state index contributed by atoms with van der Waals surface area (Å²) in [5, 5.41) is 6.33. The van der Waals surface area contributed by atoms with Crippen molar-refractivity contribution in [2.75, 3.05) is 5.32 Å². The van der Waals surface area contributed by atoms with Gasteiger partial charge in [-0.25, -0.2) is 9.97 Å². The maximum atomic E-state index is 13.3. The summed E-state index contributed by atoms with van der Waals surface area (Å²) in [7, 11) is 0. The van der Waals surface area contributed by atoms with Crippen LogP contribution in [0, 0.1) is 0 Å². The lowest BCUT2D eigenvalue weighted by atomic mass is 10.0. The van der Waals surface area contributed by atoms with Crippen molar-refractivity contribution in [3.05, 3.63) is 99.8 Å². The van der Waals surface area contributed by atoms with Gasteiger partial charge in [-0.2, -0.15) is 0 Å². The van der Waals surface area contributed by atoms with Gasteiger partial charge >= 0.3 is 0 Å². The molecule has 3 aromatic carbocycles. The Hall–Kier alpha value is -3.35. The van der Waals surface area contributed by atoms with Crippen LogP contribution < -0.4 is 5.32 Å². The maximum absolute atomic E-state index is 13.3. The monoisotopic (exact) mass is 513 g/mol. The summed E-state index contributed by atoms with van der Waals surface area (Å²) in [6.45, 7) is 2.14. The lowest BCUT2D eigenvalue weighted by Gasteiger charge is -2.10. The van der Waals surface area contributed by atoms with Gasteiger partial charge in [-0.3, -0.25) is 10.1 Å². The number of aryl methyl sites for hydroxylation is 1. The van der Waals surface area contributed by atoms with Gasteiger partial charge < -0.3 is 0 Å². The number of thiazole rings is 1. The van der Waals surface area contributed by atoms with Crippen molar-refractivity contribution in [3.8, 4) is 22.5 Å². The fourth-order valence-electron chi connectivity index (χ4n) is 3.70. The first kappa shape index (κ1) is 21.5. The van der Waals surface area contributed by atoms with Gasteiger partial charge in [0.1, 0.15) is 0 Å². The third-order valence-electron chi connectivity index (χ3n) is 5.46. The number of benzene rings is 3. The lowest BCUT2D eigenvalue weighted by Crippen LogP contribution is -2.13. The highest BCUT2D eigenvalue weighted by atomic mass is 79.9. The molecule has 5 aromatic rings. The van der Waals surface area contributed by atoms with Crippen LogP contribution in [0.2, 0.25) is 0 Å². The van der Waals surface area contributed by atoms with Gasteiger partial charge in [-0.15, -0.1) is 11.3 Å². The molecular weight excluding hydrogens is 494 g/mol. The Bertz CT molecular complexity index is 1460. The second-order valence-corrected chi connectivity index (χ2v) is 9.40. The zero-order chi connectivity index (χ0) is 22.8. The zero-order valence-electron chi connectivity index (χ0n) is 17.9. The van der Waals surface area contributed by atoms with Crippen LogP contribution in [0.4, 0.5) is 5.13 Å². The van der Waals surface area contributed by atoms with Crippen molar-refractivity contribution < 1.29 is 4.79 Å². The first-order chi connectivity index (χ1) is 16.1. The first-order valence-electron chi connectivity index (χ1n) is 10.6. The van der Waals surface area contributed by atoms with E-state index in [-0.39, 0.29) is 5.91 Å². The first-order valence-corrected chi connectivity index (χ1v) is 12.3. The third kappa shape index (κ3) is 4.58. The van der Waals surface area contributed by atoms with Crippen LogP contribution in [0.3, 0.4) is 0 Å². The van der Waals surface area contributed by atoms with Crippen LogP contribution in [0.1, 0.15) is 22.8 Å². The Morgan fingerprint density at radius 2 is 1.73 bits per heavy atom. The van der Waals surface area contributed by atoms with E-state index in [0.29, 0.717) is 10.7 Å². The molecule has 0 aliphatic rings. The Morgan fingerprint density at radius 3 is 2.52 bits per heavy atom. The Labute approximate surface area is 204 Å². The molecule has 0 aliphatic heterocycles. The molecule has 4 nitrogen and oxygen atoms in total. The molecule has 162 valence electrons. The number of carbonyl (C=O) groups excluding carboxylic acids is 1. The summed E-state index contributed by atoms with van der Waals surface area (Å²) in [5.41, 5.74) is 6.21. The third-order valence-corrected chi connectivity index (χ3v) is 6.71. The fraction of sp³-hybridized carbons (Fsp3) is 0.0741. The molecule has 1 N–H and O–H groups in total. The molecule has 0 saturated heterocycles. The minimum Gasteiger partial charge on any atom is -0.298 e. The van der Waals surface area contributed by atoms with E-state index in [0.717, 1.165) is 44.3 Å². The summed E-state index contributed by atoms with van der Waals surface area (Å²) < 4.78 is 0.961. The van der Waals surface area contributed by atoms with Crippen LogP contribution >= 0.6 is 27.3 Å². The molecule has 0 radical (unpaired) electrons. The molecule has 6 heteroatoms. The van der Waals surface area contributed by atoms with E-state index in [4.69, 9.17) is 4.98 Å². The van der Waals surface area contributed by atoms with E-state index in [2.05, 4.69) is 57.4 Å². The largest absolute Gasteiger partial charge is 0.298 e. The van der Waals surface area contributed by atoms with E-state index in [1.807, 2.05) is 60.0 Å². The van der Waals surface area contributed by atoms with Crippen molar-refractivity contribution in [3.63, 3.8) is 0 Å². The van der Waals surface area contributed by atoms with Crippen LogP contribution in [0.25, 0.3) is 33.4 Å². The molecule has 0 atom stereocenters. The average molecular weight is 514 g/mol. The van der Waals surface area contributed by atoms with E-state index in [1.54, 1.807) is 0 Å². The molecule has 2 heterocycles. The Balaban J connectivity index is 1.47. The van der Waals surface area contributed by atoms with E-state index < -0.39 is 0 Å². The highest BCUT2D eigenvalue weighted by molar-refractivity contribution is 9.10. The molecular formula is C27H20BrN3OS. The zero-order valence-corrected chi connectivity index (χ0v) is 20.3. The molecule has 0 saturated carbocycles. The van der Waals surface area contributed by atoms with Crippen LogP contribution in [0.15, 0.2) is 88.7 Å². The molecule has 0 bridgehead atoms. The fourth-order valence-corrected chi connectivity index (χ4v) is 4.81. The second-order valence-electron chi connectivity index (χ2n) is 7.63. The number of carbonyl (C=O) groups is 1. The number of halogens is 1. The number of rotatable bonds is 5. The van der Waals surface area contributed by atoms with Gasteiger partial charge in [-0.1, -0.05) is 77.5 Å². The van der Waals surface area contributed by atoms with E-state index in [1.165, 1.54) is 16.9 Å². The standard InChI is InChI=1S/C27H20BrN3OS/c1-2-17-10-12-18(13-11-17)25-16-33-27(30-25)31-26(32)22-15-24(19-6-5-7-20(28)14-19)29-23-9-4-3-8-21(22)23/h3-16H,2H2,1H3,(H,30,31,32). The van der Waals surface area contributed by atoms with Crippen molar-refractivity contribution in [1.82, 2.24) is 9.97 Å². The topological polar surface area (TPSA) is 54.9 Å². The molecule has 33 heavy (non-hydrogen) atoms. The van der Waals surface area contributed by atoms with Crippen molar-refractivity contribution in [2.45, 2.75) is 13.3 Å². The van der Waals surface area contributed by atoms with E-state index in [9.17, 15) is 4.79 Å². The van der Waals surface area contributed by atoms with Crippen molar-refractivity contribution in [1.29, 1.82) is 0 Å². The quantitative estimate of drug-likeness (QED) is 0.263. The number of aromatic nitrogens is 2. The van der Waals surface area contributed by atoms with Gasteiger partial charge in [-0.05, 0) is 36.2 Å². The van der Waals surface area contributed by atoms with Gasteiger partial charge in [0, 0.05) is 26.4 Å². The molecule has 5 rings (SSSR count). The van der Waals surface area contributed by atoms with Crippen LogP contribution in [-0.4, -0.2) is 15.9 Å². The summed E-state index contributed by atoms with van der Waals surface area (Å²) in [6, 6.07) is 25.8. The average Bonchev–Trinajstić information content (AvgIpc) is 3.31. The van der Waals surface area contributed by atoms with Crippen molar-refractivity contribution >= 4 is 49.2 Å². The number of nitrogens with zero attached hydrogens (tertiary/aromatic N) is 2. The Morgan fingerprint density at radius 1 is 0.909 bits per heavy atom. The lowest BCUT2D eigenvalue weighted by molar-refractivity contribution is 0.102. The van der Waals surface area contributed by atoms with E-state index >= 15 is 0 Å². The van der Waals surface area contributed by atoms with Gasteiger partial charge in [0.15, 0.2) is 5.13 Å². The van der Waals surface area contributed by atoms with Gasteiger partial charge in [0.25, 0.3) is 5.91 Å². The summed E-state index contributed by atoms with van der Waals surface area (Å²) >= 11 is 4.94. The molecule has 1 amide bonds. The summed E-state index contributed by atoms with van der Waals surface area (Å²) in [4.78, 5) is 22.7. The predicted octanol–water partition coefficient (Wildman–Crippen LogP) is 7.60. The maximum Gasteiger partial charge on any atom is 0.258 e. The predicted molar refractivity (Wildman–Crippen MR) is 140 cm³/mol. The highest BCUT2D eigenvalue weighted by Crippen LogP contribution is 2.29. The smallest absolute Gasteiger partial charge is 0.258 e. The number of anilines is 1. The normalized spacial score (nSPS) is 11.0. The molecule has 0 unspecified atom stereocenters. The SMILES string of the molecule is CCc1ccc(-c2csc(NC(=O)c3cc(-c4cccc(Br)c4)nc4ccccc34)n2)cc1. The minimum atomic E-state index is -0.202. The van der Waals surface area contributed by atoms with Crippen molar-refractivity contribution in [2.24, 2.45) is 0 Å². The van der Waals surface area contributed by atoms with Crippen LogP contribution in [-0.2, 0) is 6.42 Å². The number of amides is 1. The number of para-hydroxylation sites is 1. The highest BCUT2D eigenvalue weighted by Gasteiger charge is 2.16.